The third-order valence-corrected chi connectivity index (χ3v) is 5.30. The van der Waals surface area contributed by atoms with Crippen molar-refractivity contribution in [3.8, 4) is 5.75 Å². The number of carbonyl (C=O) groups excluding carboxylic acids is 1. The topological polar surface area (TPSA) is 97.3 Å². The third kappa shape index (κ3) is 4.11. The average molecular weight is 415 g/mol. The molecule has 0 radical (unpaired) electrons. The van der Waals surface area contributed by atoms with Gasteiger partial charge < -0.3 is 15.0 Å². The van der Waals surface area contributed by atoms with Crippen molar-refractivity contribution in [3.63, 3.8) is 0 Å². The molecule has 0 aliphatic rings. The van der Waals surface area contributed by atoms with Crippen LogP contribution in [0.3, 0.4) is 0 Å². The van der Waals surface area contributed by atoms with Gasteiger partial charge >= 0.3 is 0 Å². The maximum absolute atomic E-state index is 12.9. The zero-order valence-electron chi connectivity index (χ0n) is 16.9. The zero-order chi connectivity index (χ0) is 21.8. The summed E-state index contributed by atoms with van der Waals surface area (Å²) in [5.41, 5.74) is 3.10. The van der Waals surface area contributed by atoms with Crippen molar-refractivity contribution < 1.29 is 14.5 Å². The van der Waals surface area contributed by atoms with Crippen LogP contribution in [0, 0.1) is 10.1 Å². The predicted octanol–water partition coefficient (Wildman–Crippen LogP) is 4.65. The van der Waals surface area contributed by atoms with Crippen LogP contribution in [0.15, 0.2) is 79.0 Å². The van der Waals surface area contributed by atoms with Gasteiger partial charge in [-0.1, -0.05) is 48.5 Å². The maximum Gasteiger partial charge on any atom is 0.270 e. The molecule has 0 aliphatic heterocycles. The van der Waals surface area contributed by atoms with Crippen LogP contribution in [0.1, 0.15) is 27.4 Å². The van der Waals surface area contributed by atoms with Crippen molar-refractivity contribution >= 4 is 22.5 Å². The number of methoxy groups -OCH3 is 1. The fraction of sp³-hybridized carbons (Fsp3) is 0.125. The highest BCUT2D eigenvalue weighted by Crippen LogP contribution is 2.31. The predicted molar refractivity (Wildman–Crippen MR) is 119 cm³/mol. The highest BCUT2D eigenvalue weighted by molar-refractivity contribution is 5.97. The molecule has 31 heavy (non-hydrogen) atoms. The molecule has 1 aromatic heterocycles. The summed E-state index contributed by atoms with van der Waals surface area (Å²) in [7, 11) is 1.43. The lowest BCUT2D eigenvalue weighted by atomic mass is 9.91. The Balaban J connectivity index is 1.65. The molecule has 1 heterocycles. The fourth-order valence-electron chi connectivity index (χ4n) is 3.75. The number of fused-ring (bicyclic) bond motifs is 1. The van der Waals surface area contributed by atoms with Crippen molar-refractivity contribution in [2.45, 2.75) is 5.92 Å². The van der Waals surface area contributed by atoms with Gasteiger partial charge in [-0.15, -0.1) is 0 Å². The van der Waals surface area contributed by atoms with Gasteiger partial charge in [0.25, 0.3) is 11.6 Å². The van der Waals surface area contributed by atoms with Crippen molar-refractivity contribution in [1.29, 1.82) is 0 Å². The Morgan fingerprint density at radius 3 is 2.58 bits per heavy atom. The van der Waals surface area contributed by atoms with Gasteiger partial charge in [-0.3, -0.25) is 14.9 Å². The van der Waals surface area contributed by atoms with Crippen LogP contribution in [0.25, 0.3) is 10.9 Å². The summed E-state index contributed by atoms with van der Waals surface area (Å²) in [4.78, 5) is 26.8. The quantitative estimate of drug-likeness (QED) is 0.339. The number of nitrogens with zero attached hydrogens (tertiary/aromatic N) is 1. The van der Waals surface area contributed by atoms with Gasteiger partial charge in [0.2, 0.25) is 0 Å². The van der Waals surface area contributed by atoms with E-state index in [1.54, 1.807) is 0 Å². The average Bonchev–Trinajstić information content (AvgIpc) is 3.23. The van der Waals surface area contributed by atoms with Crippen molar-refractivity contribution in [2.24, 2.45) is 0 Å². The van der Waals surface area contributed by atoms with Gasteiger partial charge in [-0.05, 0) is 23.3 Å². The number of non-ortho nitro benzene ring substituents is 1. The van der Waals surface area contributed by atoms with Gasteiger partial charge in [-0.25, -0.2) is 0 Å². The minimum Gasteiger partial charge on any atom is -0.496 e. The van der Waals surface area contributed by atoms with Gasteiger partial charge in [0.15, 0.2) is 0 Å². The van der Waals surface area contributed by atoms with Crippen LogP contribution in [0.4, 0.5) is 5.69 Å². The van der Waals surface area contributed by atoms with Crippen molar-refractivity contribution in [1.82, 2.24) is 10.3 Å². The van der Waals surface area contributed by atoms with E-state index in [0.717, 1.165) is 22.0 Å². The largest absolute Gasteiger partial charge is 0.496 e. The van der Waals surface area contributed by atoms with Gasteiger partial charge in [0.1, 0.15) is 5.75 Å². The number of amides is 1. The molecule has 0 bridgehead atoms. The molecule has 7 heteroatoms. The number of nitro benzene ring substituents is 1. The van der Waals surface area contributed by atoms with Crippen LogP contribution in [-0.4, -0.2) is 29.5 Å². The second-order valence-corrected chi connectivity index (χ2v) is 7.10. The number of aromatic nitrogens is 1. The standard InChI is InChI=1S/C24H21N3O4/c1-31-23-12-11-17(27(29)30)13-19(23)24(28)26-14-20(16-7-3-2-4-8-16)21-15-25-22-10-6-5-9-18(21)22/h2-13,15,20,25H,14H2,1H3,(H,26,28). The number of H-pyrrole nitrogens is 1. The molecule has 7 nitrogen and oxygen atoms in total. The van der Waals surface area contributed by atoms with Crippen molar-refractivity contribution in [2.75, 3.05) is 13.7 Å². The normalized spacial score (nSPS) is 11.8. The van der Waals surface area contributed by atoms with Gasteiger partial charge in [-0.2, -0.15) is 0 Å². The zero-order valence-corrected chi connectivity index (χ0v) is 16.9. The molecule has 4 aromatic rings. The van der Waals surface area contributed by atoms with Crippen LogP contribution in [0.5, 0.6) is 5.75 Å². The number of ether oxygens (including phenoxy) is 1. The van der Waals surface area contributed by atoms with E-state index in [1.807, 2.05) is 60.8 Å². The summed E-state index contributed by atoms with van der Waals surface area (Å²) in [5, 5.41) is 15.2. The van der Waals surface area contributed by atoms with Crippen LogP contribution in [-0.2, 0) is 0 Å². The summed E-state index contributed by atoms with van der Waals surface area (Å²) in [6, 6.07) is 21.9. The summed E-state index contributed by atoms with van der Waals surface area (Å²) < 4.78 is 5.23. The van der Waals surface area contributed by atoms with Crippen LogP contribution < -0.4 is 10.1 Å². The molecule has 156 valence electrons. The minimum absolute atomic E-state index is 0.106. The van der Waals surface area contributed by atoms with E-state index in [1.165, 1.54) is 25.3 Å². The summed E-state index contributed by atoms with van der Waals surface area (Å²) in [6.45, 7) is 0.316. The second kappa shape index (κ2) is 8.71. The van der Waals surface area contributed by atoms with Gasteiger partial charge in [0, 0.05) is 41.7 Å². The molecule has 0 saturated heterocycles. The van der Waals surface area contributed by atoms with E-state index < -0.39 is 10.8 Å². The van der Waals surface area contributed by atoms with Crippen LogP contribution >= 0.6 is 0 Å². The molecule has 1 atom stereocenters. The molecule has 0 saturated carbocycles. The Labute approximate surface area is 178 Å². The second-order valence-electron chi connectivity index (χ2n) is 7.10. The van der Waals surface area contributed by atoms with Gasteiger partial charge in [0.05, 0.1) is 17.6 Å². The maximum atomic E-state index is 12.9. The number of rotatable bonds is 7. The first-order valence-electron chi connectivity index (χ1n) is 9.80. The lowest BCUT2D eigenvalue weighted by molar-refractivity contribution is -0.384. The molecule has 4 rings (SSSR count). The Bertz CT molecular complexity index is 1230. The fourth-order valence-corrected chi connectivity index (χ4v) is 3.75. The number of nitro groups is 1. The molecule has 0 aliphatic carbocycles. The van der Waals surface area contributed by atoms with E-state index >= 15 is 0 Å². The summed E-state index contributed by atoms with van der Waals surface area (Å²) in [6.07, 6.45) is 1.96. The molecular formula is C24H21N3O4. The molecule has 1 unspecified atom stereocenters. The number of carbonyl (C=O) groups is 1. The lowest BCUT2D eigenvalue weighted by Crippen LogP contribution is -2.29. The summed E-state index contributed by atoms with van der Waals surface area (Å²) >= 11 is 0. The first-order chi connectivity index (χ1) is 15.1. The lowest BCUT2D eigenvalue weighted by Gasteiger charge is -2.19. The number of para-hydroxylation sites is 1. The van der Waals surface area contributed by atoms with E-state index in [4.69, 9.17) is 4.74 Å². The van der Waals surface area contributed by atoms with Crippen molar-refractivity contribution in [3.05, 3.63) is 106 Å². The first-order valence-corrected chi connectivity index (χ1v) is 9.80. The SMILES string of the molecule is COc1ccc([N+](=O)[O-])cc1C(=O)NCC(c1ccccc1)c1c[nH]c2ccccc12. The Morgan fingerprint density at radius 2 is 1.84 bits per heavy atom. The molecule has 3 aromatic carbocycles. The van der Waals surface area contributed by atoms with E-state index in [2.05, 4.69) is 10.3 Å². The summed E-state index contributed by atoms with van der Waals surface area (Å²) in [5.74, 6) is -0.251. The Hall–Kier alpha value is -4.13. The first kappa shape index (κ1) is 20.2. The number of hydrogen-bond donors (Lipinski definition) is 2. The smallest absolute Gasteiger partial charge is 0.270 e. The van der Waals surface area contributed by atoms with E-state index in [-0.39, 0.29) is 22.9 Å². The number of nitrogens with one attached hydrogen (secondary N) is 2. The van der Waals surface area contributed by atoms with Crippen LogP contribution in [0.2, 0.25) is 0 Å². The molecular weight excluding hydrogens is 394 g/mol. The monoisotopic (exact) mass is 415 g/mol. The third-order valence-electron chi connectivity index (χ3n) is 5.30. The van der Waals surface area contributed by atoms with E-state index in [0.29, 0.717) is 6.54 Å². The molecule has 1 amide bonds. The highest BCUT2D eigenvalue weighted by Gasteiger charge is 2.22. The number of hydrogen-bond acceptors (Lipinski definition) is 4. The molecule has 2 N–H and O–H groups in total. The number of aromatic amines is 1. The van der Waals surface area contributed by atoms with E-state index in [9.17, 15) is 14.9 Å². The Kier molecular flexibility index (Phi) is 5.66. The molecule has 0 spiro atoms. The Morgan fingerprint density at radius 1 is 1.10 bits per heavy atom. The molecule has 0 fully saturated rings. The number of benzene rings is 3. The minimum atomic E-state index is -0.533. The highest BCUT2D eigenvalue weighted by atomic mass is 16.6.